The first-order valence-electron chi connectivity index (χ1n) is 5.84. The number of rotatable bonds is 4. The van der Waals surface area contributed by atoms with Crippen molar-refractivity contribution in [3.63, 3.8) is 0 Å². The van der Waals surface area contributed by atoms with E-state index in [-0.39, 0.29) is 5.91 Å². The van der Waals surface area contributed by atoms with Gasteiger partial charge in [-0.05, 0) is 41.6 Å². The highest BCUT2D eigenvalue weighted by Crippen LogP contribution is 2.08. The number of amides is 1. The van der Waals surface area contributed by atoms with Crippen molar-refractivity contribution in [2.24, 2.45) is 0 Å². The van der Waals surface area contributed by atoms with Crippen molar-refractivity contribution < 1.29 is 14.3 Å². The Bertz CT molecular complexity index is 594. The van der Waals surface area contributed by atoms with Crippen molar-refractivity contribution >= 4 is 11.9 Å². The molecule has 20 heavy (non-hydrogen) atoms. The second kappa shape index (κ2) is 5.91. The van der Waals surface area contributed by atoms with Crippen LogP contribution < -0.4 is 5.32 Å². The lowest BCUT2D eigenvalue weighted by molar-refractivity contribution is -0.142. The normalized spacial score (nSPS) is 11.7. The van der Waals surface area contributed by atoms with Gasteiger partial charge < -0.3 is 10.1 Å². The molecule has 0 unspecified atom stereocenters. The number of methoxy groups -OCH3 is 1. The predicted octanol–water partition coefficient (Wildman–Crippen LogP) is -0.0464. The summed E-state index contributed by atoms with van der Waals surface area (Å²) in [6.45, 7) is 1.55. The van der Waals surface area contributed by atoms with Crippen LogP contribution in [0.25, 0.3) is 5.69 Å². The molecule has 1 N–H and O–H groups in total. The molecule has 0 saturated carbocycles. The van der Waals surface area contributed by atoms with E-state index in [2.05, 4.69) is 25.6 Å². The third-order valence-corrected chi connectivity index (χ3v) is 2.65. The summed E-state index contributed by atoms with van der Waals surface area (Å²) in [5, 5.41) is 13.3. The van der Waals surface area contributed by atoms with Crippen molar-refractivity contribution in [2.75, 3.05) is 7.11 Å². The van der Waals surface area contributed by atoms with Crippen LogP contribution in [0.2, 0.25) is 0 Å². The van der Waals surface area contributed by atoms with E-state index in [1.54, 1.807) is 31.2 Å². The molecule has 2 aromatic rings. The van der Waals surface area contributed by atoms with Crippen molar-refractivity contribution in [3.05, 3.63) is 36.2 Å². The fraction of sp³-hybridized carbons (Fsp3) is 0.250. The van der Waals surface area contributed by atoms with Gasteiger partial charge in [0.15, 0.2) is 0 Å². The molecular formula is C12H13N5O3. The number of hydrogen-bond donors (Lipinski definition) is 1. The topological polar surface area (TPSA) is 99.0 Å². The fourth-order valence-corrected chi connectivity index (χ4v) is 1.56. The lowest BCUT2D eigenvalue weighted by Gasteiger charge is -2.11. The van der Waals surface area contributed by atoms with Crippen LogP contribution in [0.5, 0.6) is 0 Å². The molecule has 0 fully saturated rings. The maximum atomic E-state index is 11.9. The zero-order valence-electron chi connectivity index (χ0n) is 11.0. The lowest BCUT2D eigenvalue weighted by atomic mass is 10.2. The molecule has 1 amide bonds. The molecule has 0 aliphatic heterocycles. The van der Waals surface area contributed by atoms with Crippen molar-refractivity contribution in [1.82, 2.24) is 25.5 Å². The molecule has 2 rings (SSSR count). The molecule has 0 saturated heterocycles. The minimum atomic E-state index is -0.702. The molecule has 1 atom stereocenters. The van der Waals surface area contributed by atoms with Gasteiger partial charge in [0.05, 0.1) is 12.8 Å². The van der Waals surface area contributed by atoms with Gasteiger partial charge in [-0.2, -0.15) is 0 Å². The van der Waals surface area contributed by atoms with Gasteiger partial charge in [0, 0.05) is 5.56 Å². The summed E-state index contributed by atoms with van der Waals surface area (Å²) in [4.78, 5) is 23.1. The van der Waals surface area contributed by atoms with Crippen LogP contribution in [0.4, 0.5) is 0 Å². The molecule has 104 valence electrons. The largest absolute Gasteiger partial charge is 0.467 e. The summed E-state index contributed by atoms with van der Waals surface area (Å²) in [6, 6.07) is 5.95. The molecule has 1 heterocycles. The van der Waals surface area contributed by atoms with Crippen LogP contribution in [-0.4, -0.2) is 45.2 Å². The number of nitrogens with one attached hydrogen (secondary N) is 1. The molecule has 0 radical (unpaired) electrons. The Labute approximate surface area is 114 Å². The Hall–Kier alpha value is -2.77. The van der Waals surface area contributed by atoms with Crippen LogP contribution in [0, 0.1) is 0 Å². The van der Waals surface area contributed by atoms with E-state index in [1.165, 1.54) is 18.1 Å². The molecule has 8 nitrogen and oxygen atoms in total. The Morgan fingerprint density at radius 2 is 2.00 bits per heavy atom. The molecule has 1 aromatic heterocycles. The molecule has 8 heteroatoms. The smallest absolute Gasteiger partial charge is 0.328 e. The average Bonchev–Trinajstić information content (AvgIpc) is 3.00. The van der Waals surface area contributed by atoms with E-state index in [0.29, 0.717) is 5.56 Å². The van der Waals surface area contributed by atoms with Gasteiger partial charge in [-0.25, -0.2) is 9.48 Å². The number of hydrogen-bond acceptors (Lipinski definition) is 6. The second-order valence-electron chi connectivity index (χ2n) is 4.02. The number of carbonyl (C=O) groups is 2. The summed E-state index contributed by atoms with van der Waals surface area (Å²) < 4.78 is 6.01. The summed E-state index contributed by atoms with van der Waals surface area (Å²) in [5.41, 5.74) is 1.16. The van der Waals surface area contributed by atoms with Crippen molar-refractivity contribution in [1.29, 1.82) is 0 Å². The van der Waals surface area contributed by atoms with Gasteiger partial charge in [0.25, 0.3) is 5.91 Å². The van der Waals surface area contributed by atoms with Crippen LogP contribution in [0.15, 0.2) is 30.6 Å². The Morgan fingerprint density at radius 1 is 1.30 bits per heavy atom. The van der Waals surface area contributed by atoms with Gasteiger partial charge in [-0.3, -0.25) is 4.79 Å². The number of nitrogens with zero attached hydrogens (tertiary/aromatic N) is 4. The maximum absolute atomic E-state index is 11.9. The summed E-state index contributed by atoms with van der Waals surface area (Å²) in [6.07, 6.45) is 1.45. The predicted molar refractivity (Wildman–Crippen MR) is 68.1 cm³/mol. The minimum Gasteiger partial charge on any atom is -0.467 e. The average molecular weight is 275 g/mol. The van der Waals surface area contributed by atoms with E-state index in [0.717, 1.165) is 5.69 Å². The first-order chi connectivity index (χ1) is 9.61. The molecule has 1 aromatic carbocycles. The van der Waals surface area contributed by atoms with Gasteiger partial charge in [0.1, 0.15) is 12.4 Å². The van der Waals surface area contributed by atoms with E-state index >= 15 is 0 Å². The van der Waals surface area contributed by atoms with Crippen LogP contribution in [-0.2, 0) is 9.53 Å². The zero-order valence-corrected chi connectivity index (χ0v) is 11.0. The van der Waals surface area contributed by atoms with Crippen LogP contribution >= 0.6 is 0 Å². The summed E-state index contributed by atoms with van der Waals surface area (Å²) >= 11 is 0. The van der Waals surface area contributed by atoms with Gasteiger partial charge >= 0.3 is 5.97 Å². The highest BCUT2D eigenvalue weighted by Gasteiger charge is 2.16. The third-order valence-electron chi connectivity index (χ3n) is 2.65. The summed E-state index contributed by atoms with van der Waals surface area (Å²) in [5.74, 6) is -0.852. The number of carbonyl (C=O) groups excluding carboxylic acids is 2. The standard InChI is InChI=1S/C12H13N5O3/c1-8(12(19)20-2)14-11(18)9-3-5-10(6-4-9)17-7-13-15-16-17/h3-8H,1-2H3,(H,14,18)/t8-/m1/s1. The van der Waals surface area contributed by atoms with Gasteiger partial charge in [-0.1, -0.05) is 0 Å². The van der Waals surface area contributed by atoms with Crippen LogP contribution in [0.3, 0.4) is 0 Å². The number of ether oxygens (including phenoxy) is 1. The quantitative estimate of drug-likeness (QED) is 0.786. The first kappa shape index (κ1) is 13.7. The van der Waals surface area contributed by atoms with E-state index in [1.807, 2.05) is 0 Å². The Morgan fingerprint density at radius 3 is 2.55 bits per heavy atom. The van der Waals surface area contributed by atoms with E-state index in [4.69, 9.17) is 0 Å². The number of esters is 1. The zero-order chi connectivity index (χ0) is 14.5. The fourth-order valence-electron chi connectivity index (χ4n) is 1.56. The number of benzene rings is 1. The summed E-state index contributed by atoms with van der Waals surface area (Å²) in [7, 11) is 1.27. The third kappa shape index (κ3) is 2.97. The van der Waals surface area contributed by atoms with Gasteiger partial charge in [-0.15, -0.1) is 5.10 Å². The Balaban J connectivity index is 2.06. The number of aromatic nitrogens is 4. The lowest BCUT2D eigenvalue weighted by Crippen LogP contribution is -2.39. The number of tetrazole rings is 1. The van der Waals surface area contributed by atoms with Crippen molar-refractivity contribution in [3.8, 4) is 5.69 Å². The first-order valence-corrected chi connectivity index (χ1v) is 5.84. The monoisotopic (exact) mass is 275 g/mol. The SMILES string of the molecule is COC(=O)[C@@H](C)NC(=O)c1ccc(-n2cnnn2)cc1. The molecule has 0 spiro atoms. The molecule has 0 aliphatic rings. The maximum Gasteiger partial charge on any atom is 0.328 e. The van der Waals surface area contributed by atoms with E-state index in [9.17, 15) is 9.59 Å². The van der Waals surface area contributed by atoms with E-state index < -0.39 is 12.0 Å². The highest BCUT2D eigenvalue weighted by molar-refractivity contribution is 5.96. The molecular weight excluding hydrogens is 262 g/mol. The minimum absolute atomic E-state index is 0.355. The highest BCUT2D eigenvalue weighted by atomic mass is 16.5. The molecule has 0 bridgehead atoms. The van der Waals surface area contributed by atoms with Crippen LogP contribution in [0.1, 0.15) is 17.3 Å². The molecule has 0 aliphatic carbocycles. The Kier molecular flexibility index (Phi) is 4.04. The second-order valence-corrected chi connectivity index (χ2v) is 4.02. The van der Waals surface area contributed by atoms with Gasteiger partial charge in [0.2, 0.25) is 0 Å². The van der Waals surface area contributed by atoms with Crippen molar-refractivity contribution in [2.45, 2.75) is 13.0 Å².